The van der Waals surface area contributed by atoms with Crippen molar-refractivity contribution in [3.8, 4) is 0 Å². The third kappa shape index (κ3) is 6.17. The van der Waals surface area contributed by atoms with Crippen LogP contribution < -0.4 is 22.3 Å². The van der Waals surface area contributed by atoms with Crippen molar-refractivity contribution in [2.75, 3.05) is 6.54 Å². The fourth-order valence-electron chi connectivity index (χ4n) is 1.74. The largest absolute Gasteiger partial charge is 0.370 e. The van der Waals surface area contributed by atoms with Crippen LogP contribution in [0.25, 0.3) is 0 Å². The van der Waals surface area contributed by atoms with Crippen molar-refractivity contribution in [1.29, 1.82) is 0 Å². The summed E-state index contributed by atoms with van der Waals surface area (Å²) in [5, 5.41) is 11.8. The number of carbonyl (C=O) groups is 1. The minimum atomic E-state index is -0.491. The number of nitrogens with one attached hydrogen (secondary N) is 2. The summed E-state index contributed by atoms with van der Waals surface area (Å²) in [6, 6.07) is 9.21. The van der Waals surface area contributed by atoms with Crippen molar-refractivity contribution < 1.29 is 10.0 Å². The Labute approximate surface area is 118 Å². The van der Waals surface area contributed by atoms with Gasteiger partial charge < -0.3 is 16.8 Å². The van der Waals surface area contributed by atoms with E-state index in [1.807, 2.05) is 30.3 Å². The molecule has 0 aliphatic rings. The van der Waals surface area contributed by atoms with E-state index in [0.717, 1.165) is 5.56 Å². The molecule has 0 saturated carbocycles. The minimum absolute atomic E-state index is 0.0328. The van der Waals surface area contributed by atoms with Gasteiger partial charge in [0.25, 0.3) is 5.91 Å². The van der Waals surface area contributed by atoms with Gasteiger partial charge in [-0.05, 0) is 18.4 Å². The number of hydroxylamine groups is 1. The second-order valence-electron chi connectivity index (χ2n) is 4.34. The summed E-state index contributed by atoms with van der Waals surface area (Å²) < 4.78 is 0. The number of rotatable bonds is 8. The Morgan fingerprint density at radius 3 is 2.60 bits per heavy atom. The van der Waals surface area contributed by atoms with E-state index in [4.69, 9.17) is 16.7 Å². The highest BCUT2D eigenvalue weighted by Gasteiger charge is 2.16. The molecule has 0 aliphatic carbocycles. The van der Waals surface area contributed by atoms with Gasteiger partial charge in [-0.15, -0.1) is 0 Å². The quantitative estimate of drug-likeness (QED) is 0.147. The van der Waals surface area contributed by atoms with Gasteiger partial charge in [0.15, 0.2) is 5.96 Å². The molecule has 0 radical (unpaired) electrons. The standard InChI is InChI=1S/C13H21N5O2/c14-13(15)16-8-4-7-11(12(19)18-20)17-9-10-5-2-1-3-6-10/h1-3,5-6,11,17,20H,4,7-9H2,(H,18,19)(H4,14,15,16)/t11-/m0/s1. The van der Waals surface area contributed by atoms with Crippen molar-refractivity contribution in [2.24, 2.45) is 16.5 Å². The highest BCUT2D eigenvalue weighted by molar-refractivity contribution is 5.80. The van der Waals surface area contributed by atoms with E-state index in [0.29, 0.717) is 25.9 Å². The van der Waals surface area contributed by atoms with Gasteiger partial charge in [-0.1, -0.05) is 30.3 Å². The highest BCUT2D eigenvalue weighted by Crippen LogP contribution is 2.02. The summed E-state index contributed by atoms with van der Waals surface area (Å²) in [4.78, 5) is 15.4. The van der Waals surface area contributed by atoms with Crippen LogP contribution in [0.1, 0.15) is 18.4 Å². The van der Waals surface area contributed by atoms with E-state index < -0.39 is 11.9 Å². The van der Waals surface area contributed by atoms with Crippen LogP contribution in [0.2, 0.25) is 0 Å². The lowest BCUT2D eigenvalue weighted by molar-refractivity contribution is -0.131. The summed E-state index contributed by atoms with van der Waals surface area (Å²) in [7, 11) is 0. The maximum absolute atomic E-state index is 11.6. The van der Waals surface area contributed by atoms with Gasteiger partial charge in [-0.2, -0.15) is 0 Å². The van der Waals surface area contributed by atoms with Crippen LogP contribution in [-0.2, 0) is 11.3 Å². The molecule has 20 heavy (non-hydrogen) atoms. The number of hydrogen-bond acceptors (Lipinski definition) is 4. The van der Waals surface area contributed by atoms with Crippen LogP contribution in [0.5, 0.6) is 0 Å². The van der Waals surface area contributed by atoms with E-state index in [1.54, 1.807) is 5.48 Å². The molecule has 0 bridgehead atoms. The summed E-state index contributed by atoms with van der Waals surface area (Å²) in [5.74, 6) is -0.434. The maximum Gasteiger partial charge on any atom is 0.260 e. The molecule has 7 N–H and O–H groups in total. The topological polar surface area (TPSA) is 126 Å². The monoisotopic (exact) mass is 279 g/mol. The molecule has 0 saturated heterocycles. The summed E-state index contributed by atoms with van der Waals surface area (Å²) in [5.41, 5.74) is 13.2. The van der Waals surface area contributed by atoms with Crippen LogP contribution in [0, 0.1) is 0 Å². The molecule has 1 atom stereocenters. The van der Waals surface area contributed by atoms with Crippen LogP contribution in [0.4, 0.5) is 0 Å². The first-order valence-electron chi connectivity index (χ1n) is 6.40. The van der Waals surface area contributed by atoms with Crippen LogP contribution in [-0.4, -0.2) is 29.7 Å². The first kappa shape index (κ1) is 15.9. The van der Waals surface area contributed by atoms with E-state index in [1.165, 1.54) is 0 Å². The van der Waals surface area contributed by atoms with Crippen LogP contribution >= 0.6 is 0 Å². The van der Waals surface area contributed by atoms with Crippen molar-refractivity contribution in [3.63, 3.8) is 0 Å². The molecule has 1 aromatic carbocycles. The molecule has 0 spiro atoms. The molecule has 110 valence electrons. The molecule has 1 rings (SSSR count). The van der Waals surface area contributed by atoms with Crippen molar-refractivity contribution in [1.82, 2.24) is 10.8 Å². The first-order valence-corrected chi connectivity index (χ1v) is 6.40. The summed E-state index contributed by atoms with van der Waals surface area (Å²) in [6.45, 7) is 0.992. The van der Waals surface area contributed by atoms with Crippen LogP contribution in [0.15, 0.2) is 35.3 Å². The second kappa shape index (κ2) is 8.89. The number of amides is 1. The van der Waals surface area contributed by atoms with Gasteiger partial charge in [0.1, 0.15) is 0 Å². The van der Waals surface area contributed by atoms with Crippen molar-refractivity contribution in [3.05, 3.63) is 35.9 Å². The van der Waals surface area contributed by atoms with Crippen LogP contribution in [0.3, 0.4) is 0 Å². The molecular weight excluding hydrogens is 258 g/mol. The van der Waals surface area contributed by atoms with Gasteiger partial charge in [-0.3, -0.25) is 15.0 Å². The number of nitrogens with two attached hydrogens (primary N) is 2. The molecule has 0 aromatic heterocycles. The SMILES string of the molecule is NC(N)=NCCC[C@H](NCc1ccccc1)C(=O)NO. The zero-order chi connectivity index (χ0) is 14.8. The van der Waals surface area contributed by atoms with Gasteiger partial charge in [0.2, 0.25) is 0 Å². The van der Waals surface area contributed by atoms with E-state index in [9.17, 15) is 4.79 Å². The Morgan fingerprint density at radius 2 is 2.00 bits per heavy atom. The predicted octanol–water partition coefficient (Wildman–Crippen LogP) is -0.296. The summed E-state index contributed by atoms with van der Waals surface area (Å²) in [6.07, 6.45) is 1.16. The van der Waals surface area contributed by atoms with Gasteiger partial charge >= 0.3 is 0 Å². The van der Waals surface area contributed by atoms with Crippen molar-refractivity contribution >= 4 is 11.9 Å². The van der Waals surface area contributed by atoms with E-state index in [2.05, 4.69) is 10.3 Å². The number of carbonyl (C=O) groups excluding carboxylic acids is 1. The van der Waals surface area contributed by atoms with Crippen molar-refractivity contribution in [2.45, 2.75) is 25.4 Å². The second-order valence-corrected chi connectivity index (χ2v) is 4.34. The maximum atomic E-state index is 11.6. The smallest absolute Gasteiger partial charge is 0.260 e. The fraction of sp³-hybridized carbons (Fsp3) is 0.385. The van der Waals surface area contributed by atoms with Gasteiger partial charge in [0, 0.05) is 13.1 Å². The zero-order valence-corrected chi connectivity index (χ0v) is 11.2. The number of guanidine groups is 1. The Bertz CT molecular complexity index is 432. The third-order valence-electron chi connectivity index (χ3n) is 2.77. The molecule has 0 fully saturated rings. The Balaban J connectivity index is 2.44. The number of aliphatic imine (C=N–C) groups is 1. The van der Waals surface area contributed by atoms with E-state index in [-0.39, 0.29) is 5.96 Å². The Kier molecular flexibility index (Phi) is 7.08. The molecule has 1 aromatic rings. The number of benzene rings is 1. The highest BCUT2D eigenvalue weighted by atomic mass is 16.5. The average molecular weight is 279 g/mol. The lowest BCUT2D eigenvalue weighted by Gasteiger charge is -2.16. The third-order valence-corrected chi connectivity index (χ3v) is 2.77. The average Bonchev–Trinajstić information content (AvgIpc) is 2.46. The Morgan fingerprint density at radius 1 is 1.30 bits per heavy atom. The lowest BCUT2D eigenvalue weighted by Crippen LogP contribution is -2.42. The van der Waals surface area contributed by atoms with E-state index >= 15 is 0 Å². The number of hydrogen-bond donors (Lipinski definition) is 5. The molecule has 0 aliphatic heterocycles. The molecule has 0 unspecified atom stereocenters. The zero-order valence-electron chi connectivity index (χ0n) is 11.2. The summed E-state index contributed by atoms with van der Waals surface area (Å²) >= 11 is 0. The molecule has 7 nitrogen and oxygen atoms in total. The minimum Gasteiger partial charge on any atom is -0.370 e. The van der Waals surface area contributed by atoms with Gasteiger partial charge in [0.05, 0.1) is 6.04 Å². The normalized spacial score (nSPS) is 11.7. The van der Waals surface area contributed by atoms with Gasteiger partial charge in [-0.25, -0.2) is 5.48 Å². The molecule has 0 heterocycles. The predicted molar refractivity (Wildman–Crippen MR) is 76.9 cm³/mol. The Hall–Kier alpha value is -2.12. The molecule has 1 amide bonds. The fourth-order valence-corrected chi connectivity index (χ4v) is 1.74. The lowest BCUT2D eigenvalue weighted by atomic mass is 10.1. The number of nitrogens with zero attached hydrogens (tertiary/aromatic N) is 1. The first-order chi connectivity index (χ1) is 9.63. The molecular formula is C13H21N5O2. The molecule has 7 heteroatoms.